The molecule has 0 radical (unpaired) electrons. The van der Waals surface area contributed by atoms with E-state index in [4.69, 9.17) is 9.31 Å². The molecule has 1 saturated heterocycles. The van der Waals surface area contributed by atoms with Gasteiger partial charge >= 0.3 is 12.8 Å². The van der Waals surface area contributed by atoms with Crippen LogP contribution in [0.2, 0.25) is 0 Å². The molecule has 1 aromatic heterocycles. The molecule has 2 aliphatic heterocycles. The van der Waals surface area contributed by atoms with Crippen molar-refractivity contribution in [1.29, 1.82) is 0 Å². The first-order valence-corrected chi connectivity index (χ1v) is 13.1. The second-order valence-corrected chi connectivity index (χ2v) is 11.5. The van der Waals surface area contributed by atoms with Gasteiger partial charge in [-0.1, -0.05) is 18.2 Å². The molecule has 188 valence electrons. The van der Waals surface area contributed by atoms with Crippen molar-refractivity contribution in [2.24, 2.45) is 9.50 Å². The van der Waals surface area contributed by atoms with Gasteiger partial charge in [-0.2, -0.15) is 13.5 Å². The summed E-state index contributed by atoms with van der Waals surface area (Å²) in [6, 6.07) is 10.6. The number of aromatic amines is 1. The number of imidazole rings is 1. The number of hydrogen-bond donors (Lipinski definition) is 1. The van der Waals surface area contributed by atoms with Crippen LogP contribution in [0.25, 0.3) is 11.0 Å². The molecule has 12 heteroatoms. The van der Waals surface area contributed by atoms with Crippen molar-refractivity contribution in [3.63, 3.8) is 0 Å². The number of benzene rings is 2. The predicted molar refractivity (Wildman–Crippen MR) is 139 cm³/mol. The van der Waals surface area contributed by atoms with Gasteiger partial charge in [0.25, 0.3) is 10.0 Å². The van der Waals surface area contributed by atoms with E-state index in [2.05, 4.69) is 14.5 Å². The minimum Gasteiger partial charge on any atom is -0.399 e. The normalized spacial score (nSPS) is 19.7. The lowest BCUT2D eigenvalue weighted by molar-refractivity contribution is 0.00578. The molecule has 10 nitrogen and oxygen atoms in total. The number of sulfonamides is 1. The molecule has 0 unspecified atom stereocenters. The zero-order chi connectivity index (χ0) is 26.0. The van der Waals surface area contributed by atoms with Crippen molar-refractivity contribution in [1.82, 2.24) is 14.6 Å². The van der Waals surface area contributed by atoms with E-state index in [1.54, 1.807) is 36.0 Å². The Morgan fingerprint density at radius 3 is 2.50 bits per heavy atom. The standard InChI is InChI=1S/C24H28BN5O5S/c1-7-30-19-12-15(8-11-18(19)27-22(30)31)14-26-29(6)21-17-10-9-16(13-20(17)36(32,33)28-21)25-34-23(2,3)24(4,5)35-25/h8-14H,7H2,1-6H3,(H,27,31)/b26-14+. The minimum absolute atomic E-state index is 0.0902. The minimum atomic E-state index is -3.91. The highest BCUT2D eigenvalue weighted by Crippen LogP contribution is 2.37. The molecular formula is C24H28BN5O5S. The summed E-state index contributed by atoms with van der Waals surface area (Å²) < 4.78 is 43.6. The lowest BCUT2D eigenvalue weighted by Crippen LogP contribution is -2.41. The van der Waals surface area contributed by atoms with Gasteiger partial charge in [0.2, 0.25) is 0 Å². The summed E-state index contributed by atoms with van der Waals surface area (Å²) >= 11 is 0. The quantitative estimate of drug-likeness (QED) is 0.327. The predicted octanol–water partition coefficient (Wildman–Crippen LogP) is 2.06. The second-order valence-electron chi connectivity index (χ2n) is 9.95. The van der Waals surface area contributed by atoms with Crippen LogP contribution < -0.4 is 11.2 Å². The van der Waals surface area contributed by atoms with Gasteiger partial charge in [0.05, 0.1) is 28.5 Å². The van der Waals surface area contributed by atoms with E-state index >= 15 is 0 Å². The van der Waals surface area contributed by atoms with Gasteiger partial charge in [-0.05, 0) is 63.8 Å². The van der Waals surface area contributed by atoms with Crippen molar-refractivity contribution in [2.45, 2.75) is 57.3 Å². The number of nitrogens with one attached hydrogen (secondary N) is 1. The van der Waals surface area contributed by atoms with Gasteiger partial charge in [0.15, 0.2) is 5.84 Å². The van der Waals surface area contributed by atoms with Gasteiger partial charge < -0.3 is 14.3 Å². The second kappa shape index (κ2) is 8.15. The zero-order valence-electron chi connectivity index (χ0n) is 21.1. The number of fused-ring (bicyclic) bond motifs is 2. The van der Waals surface area contributed by atoms with Crippen LogP contribution in [0.5, 0.6) is 0 Å². The Morgan fingerprint density at radius 1 is 1.14 bits per heavy atom. The van der Waals surface area contributed by atoms with Crippen LogP contribution >= 0.6 is 0 Å². The van der Waals surface area contributed by atoms with Gasteiger partial charge in [-0.3, -0.25) is 4.57 Å². The average Bonchev–Trinajstić information content (AvgIpc) is 3.36. The fourth-order valence-corrected chi connectivity index (χ4v) is 5.55. The van der Waals surface area contributed by atoms with E-state index in [1.807, 2.05) is 52.8 Å². The third kappa shape index (κ3) is 3.89. The first-order chi connectivity index (χ1) is 16.8. The molecule has 2 aliphatic rings. The molecule has 5 rings (SSSR count). The fourth-order valence-electron chi connectivity index (χ4n) is 4.28. The molecule has 1 fully saturated rings. The monoisotopic (exact) mass is 509 g/mol. The van der Waals surface area contributed by atoms with Crippen LogP contribution in [0, 0.1) is 0 Å². The molecule has 1 N–H and O–H groups in total. The van der Waals surface area contributed by atoms with Crippen molar-refractivity contribution in [3.8, 4) is 0 Å². The molecule has 3 aromatic rings. The number of hydrogen-bond acceptors (Lipinski definition) is 7. The van der Waals surface area contributed by atoms with Crippen LogP contribution in [0.1, 0.15) is 45.7 Å². The highest BCUT2D eigenvalue weighted by atomic mass is 32.2. The lowest BCUT2D eigenvalue weighted by Gasteiger charge is -2.32. The van der Waals surface area contributed by atoms with Crippen molar-refractivity contribution in [3.05, 3.63) is 58.0 Å². The van der Waals surface area contributed by atoms with Crippen LogP contribution in [-0.4, -0.2) is 60.4 Å². The van der Waals surface area contributed by atoms with Gasteiger partial charge in [-0.15, -0.1) is 4.40 Å². The van der Waals surface area contributed by atoms with Crippen molar-refractivity contribution in [2.75, 3.05) is 7.05 Å². The number of hydrazone groups is 1. The molecule has 0 atom stereocenters. The molecule has 2 aromatic carbocycles. The van der Waals surface area contributed by atoms with E-state index in [9.17, 15) is 13.2 Å². The number of aryl methyl sites for hydroxylation is 1. The SMILES string of the molecule is CCn1c(=O)[nH]c2ccc(/C=N/N(C)C3=NS(=O)(=O)c4cc(B5OC(C)(C)C(C)(C)O5)ccc43)cc21. The van der Waals surface area contributed by atoms with Crippen LogP contribution in [-0.2, 0) is 25.9 Å². The molecule has 36 heavy (non-hydrogen) atoms. The smallest absolute Gasteiger partial charge is 0.399 e. The molecule has 3 heterocycles. The van der Waals surface area contributed by atoms with Crippen molar-refractivity contribution < 1.29 is 17.7 Å². The number of aromatic nitrogens is 2. The van der Waals surface area contributed by atoms with Gasteiger partial charge in [0.1, 0.15) is 4.90 Å². The van der Waals surface area contributed by atoms with Gasteiger partial charge in [0, 0.05) is 19.2 Å². The maximum absolute atomic E-state index is 12.9. The van der Waals surface area contributed by atoms with Crippen molar-refractivity contribution >= 4 is 45.7 Å². The Labute approximate surface area is 209 Å². The number of amidine groups is 1. The number of H-pyrrole nitrogens is 1. The average molecular weight is 509 g/mol. The first-order valence-electron chi connectivity index (χ1n) is 11.7. The number of rotatable bonds is 4. The lowest BCUT2D eigenvalue weighted by atomic mass is 9.79. The van der Waals surface area contributed by atoms with Gasteiger partial charge in [-0.25, -0.2) is 9.80 Å². The highest BCUT2D eigenvalue weighted by Gasteiger charge is 2.52. The summed E-state index contributed by atoms with van der Waals surface area (Å²) in [5.41, 5.74) is 2.09. The Kier molecular flexibility index (Phi) is 5.54. The number of nitrogens with zero attached hydrogens (tertiary/aromatic N) is 4. The Balaban J connectivity index is 1.43. The van der Waals surface area contributed by atoms with E-state index in [-0.39, 0.29) is 16.4 Å². The maximum atomic E-state index is 12.9. The molecule has 0 saturated carbocycles. The molecule has 0 spiro atoms. The van der Waals surface area contributed by atoms with E-state index < -0.39 is 28.3 Å². The third-order valence-electron chi connectivity index (χ3n) is 7.06. The maximum Gasteiger partial charge on any atom is 0.494 e. The summed E-state index contributed by atoms with van der Waals surface area (Å²) in [5.74, 6) is 0.218. The highest BCUT2D eigenvalue weighted by molar-refractivity contribution is 7.90. The fraction of sp³-hybridized carbons (Fsp3) is 0.375. The topological polar surface area (TPSA) is 118 Å². The van der Waals surface area contributed by atoms with Crippen LogP contribution in [0.15, 0.2) is 55.6 Å². The summed E-state index contributed by atoms with van der Waals surface area (Å²) in [6.45, 7) is 10.2. The Bertz CT molecular complexity index is 1590. The van der Waals surface area contributed by atoms with Crippen LogP contribution in [0.4, 0.5) is 0 Å². The largest absolute Gasteiger partial charge is 0.494 e. The summed E-state index contributed by atoms with van der Waals surface area (Å²) in [7, 11) is -2.95. The summed E-state index contributed by atoms with van der Waals surface area (Å²) in [4.78, 5) is 15.0. The summed E-state index contributed by atoms with van der Waals surface area (Å²) in [6.07, 6.45) is 1.60. The molecule has 0 bridgehead atoms. The van der Waals surface area contributed by atoms with E-state index in [1.165, 1.54) is 5.01 Å². The van der Waals surface area contributed by atoms with Crippen LogP contribution in [0.3, 0.4) is 0 Å². The Hall–Kier alpha value is -3.22. The zero-order valence-corrected chi connectivity index (χ0v) is 21.9. The van der Waals surface area contributed by atoms with E-state index in [0.29, 0.717) is 17.6 Å². The first kappa shape index (κ1) is 24.5. The summed E-state index contributed by atoms with van der Waals surface area (Å²) in [5, 5.41) is 5.84. The molecule has 0 aliphatic carbocycles. The molecule has 0 amide bonds. The Morgan fingerprint density at radius 2 is 1.83 bits per heavy atom. The molecular weight excluding hydrogens is 481 g/mol. The third-order valence-corrected chi connectivity index (χ3v) is 8.37. The van der Waals surface area contributed by atoms with E-state index in [0.717, 1.165) is 16.6 Å².